The Morgan fingerprint density at radius 1 is 1.41 bits per heavy atom. The van der Waals surface area contributed by atoms with Crippen LogP contribution in [0, 0.1) is 0 Å². The van der Waals surface area contributed by atoms with Gasteiger partial charge in [-0.05, 0) is 6.08 Å². The highest BCUT2D eigenvalue weighted by atomic mass is 31.2. The molecule has 0 heterocycles. The number of hydrogen-bond acceptors (Lipinski definition) is 3. The van der Waals surface area contributed by atoms with Crippen LogP contribution in [-0.4, -0.2) is 53.8 Å². The standard InChI is InChI=1S/C10H20NO5P/c1-4-10(12)6-8-11(2,3)7-5-9-16-17(13,14)15/h4H,1,5-9H2,2-3H3,(H-,13,14,15)/p+1. The van der Waals surface area contributed by atoms with Crippen LogP contribution in [0.5, 0.6) is 0 Å². The molecule has 6 nitrogen and oxygen atoms in total. The van der Waals surface area contributed by atoms with Crippen LogP contribution in [0.4, 0.5) is 0 Å². The number of phosphoric ester groups is 1. The molecular formula is C10H21NO5P+. The first-order valence-corrected chi connectivity index (χ1v) is 6.87. The van der Waals surface area contributed by atoms with E-state index in [1.54, 1.807) is 0 Å². The van der Waals surface area contributed by atoms with E-state index in [0.717, 1.165) is 0 Å². The van der Waals surface area contributed by atoms with Gasteiger partial charge in [0, 0.05) is 6.42 Å². The normalized spacial score (nSPS) is 12.5. The van der Waals surface area contributed by atoms with Crippen molar-refractivity contribution >= 4 is 13.6 Å². The van der Waals surface area contributed by atoms with E-state index in [-0.39, 0.29) is 12.4 Å². The first-order valence-electron chi connectivity index (χ1n) is 5.34. The predicted octanol–water partition coefficient (Wildman–Crippen LogP) is 0.707. The van der Waals surface area contributed by atoms with Gasteiger partial charge < -0.3 is 14.3 Å². The van der Waals surface area contributed by atoms with Gasteiger partial charge in [0.25, 0.3) is 0 Å². The number of ketones is 1. The molecule has 0 bridgehead atoms. The fourth-order valence-corrected chi connectivity index (χ4v) is 1.67. The third-order valence-electron chi connectivity index (χ3n) is 2.36. The molecule has 0 saturated carbocycles. The molecule has 100 valence electrons. The zero-order chi connectivity index (χ0) is 13.5. The molecule has 0 rings (SSSR count). The zero-order valence-electron chi connectivity index (χ0n) is 10.3. The first-order chi connectivity index (χ1) is 7.66. The molecule has 0 aliphatic rings. The summed E-state index contributed by atoms with van der Waals surface area (Å²) in [5, 5.41) is 0. The molecule has 17 heavy (non-hydrogen) atoms. The smallest absolute Gasteiger partial charge is 0.328 e. The Morgan fingerprint density at radius 3 is 2.47 bits per heavy atom. The lowest BCUT2D eigenvalue weighted by Gasteiger charge is -2.29. The van der Waals surface area contributed by atoms with Gasteiger partial charge in [-0.1, -0.05) is 6.58 Å². The lowest BCUT2D eigenvalue weighted by Crippen LogP contribution is -2.42. The molecule has 0 spiro atoms. The van der Waals surface area contributed by atoms with E-state index in [4.69, 9.17) is 9.79 Å². The average Bonchev–Trinajstić information content (AvgIpc) is 2.20. The minimum atomic E-state index is -4.36. The van der Waals surface area contributed by atoms with Crippen molar-refractivity contribution in [1.82, 2.24) is 0 Å². The summed E-state index contributed by atoms with van der Waals surface area (Å²) in [5.74, 6) is 0.00247. The van der Waals surface area contributed by atoms with Gasteiger partial charge in [-0.15, -0.1) is 0 Å². The van der Waals surface area contributed by atoms with Gasteiger partial charge in [0.05, 0.1) is 40.2 Å². The lowest BCUT2D eigenvalue weighted by molar-refractivity contribution is -0.889. The highest BCUT2D eigenvalue weighted by Crippen LogP contribution is 2.35. The van der Waals surface area contributed by atoms with Crippen molar-refractivity contribution in [3.05, 3.63) is 12.7 Å². The van der Waals surface area contributed by atoms with Crippen LogP contribution < -0.4 is 0 Å². The highest BCUT2D eigenvalue weighted by molar-refractivity contribution is 7.46. The number of nitrogens with zero attached hydrogens (tertiary/aromatic N) is 1. The Labute approximate surface area is 102 Å². The number of carbonyl (C=O) groups excluding carboxylic acids is 1. The van der Waals surface area contributed by atoms with E-state index >= 15 is 0 Å². The second-order valence-electron chi connectivity index (χ2n) is 4.48. The second kappa shape index (κ2) is 7.03. The first kappa shape index (κ1) is 16.5. The van der Waals surface area contributed by atoms with Gasteiger partial charge in [0.15, 0.2) is 5.78 Å². The van der Waals surface area contributed by atoms with Crippen molar-refractivity contribution in [1.29, 1.82) is 0 Å². The SMILES string of the molecule is C=CC(=O)CC[N+](C)(C)CCCOP(=O)(O)O. The average molecular weight is 266 g/mol. The van der Waals surface area contributed by atoms with Gasteiger partial charge in [-0.25, -0.2) is 4.57 Å². The quantitative estimate of drug-likeness (QED) is 0.278. The molecule has 0 fully saturated rings. The minimum absolute atomic E-state index is 0.00247. The van der Waals surface area contributed by atoms with E-state index in [0.29, 0.717) is 30.4 Å². The summed E-state index contributed by atoms with van der Waals surface area (Å²) >= 11 is 0. The third kappa shape index (κ3) is 10.4. The van der Waals surface area contributed by atoms with Crippen molar-refractivity contribution in [3.63, 3.8) is 0 Å². The van der Waals surface area contributed by atoms with E-state index in [2.05, 4.69) is 11.1 Å². The zero-order valence-corrected chi connectivity index (χ0v) is 11.2. The molecule has 0 aromatic heterocycles. The Balaban J connectivity index is 3.81. The van der Waals surface area contributed by atoms with Crippen LogP contribution in [0.3, 0.4) is 0 Å². The number of hydrogen-bond donors (Lipinski definition) is 2. The van der Waals surface area contributed by atoms with E-state index < -0.39 is 7.82 Å². The topological polar surface area (TPSA) is 83.8 Å². The van der Waals surface area contributed by atoms with Crippen LogP contribution in [0.1, 0.15) is 12.8 Å². The minimum Gasteiger partial charge on any atom is -0.328 e. The van der Waals surface area contributed by atoms with Crippen LogP contribution in [0.25, 0.3) is 0 Å². The van der Waals surface area contributed by atoms with Gasteiger partial charge >= 0.3 is 7.82 Å². The number of carbonyl (C=O) groups is 1. The number of allylic oxidation sites excluding steroid dienone is 1. The molecule has 2 N–H and O–H groups in total. The molecule has 0 amide bonds. The van der Waals surface area contributed by atoms with Crippen molar-refractivity contribution in [2.24, 2.45) is 0 Å². The summed E-state index contributed by atoms with van der Waals surface area (Å²) in [6, 6.07) is 0. The van der Waals surface area contributed by atoms with Gasteiger partial charge in [0.1, 0.15) is 0 Å². The second-order valence-corrected chi connectivity index (χ2v) is 5.72. The predicted molar refractivity (Wildman–Crippen MR) is 64.3 cm³/mol. The molecular weight excluding hydrogens is 245 g/mol. The number of rotatable bonds is 9. The summed E-state index contributed by atoms with van der Waals surface area (Å²) in [7, 11) is -0.453. The maximum absolute atomic E-state index is 11.1. The molecule has 0 saturated heterocycles. The molecule has 0 atom stereocenters. The van der Waals surface area contributed by atoms with Gasteiger partial charge in [0.2, 0.25) is 0 Å². The van der Waals surface area contributed by atoms with Crippen LogP contribution >= 0.6 is 7.82 Å². The Bertz CT molecular complexity index is 310. The number of quaternary nitrogens is 1. The van der Waals surface area contributed by atoms with E-state index in [1.165, 1.54) is 6.08 Å². The summed E-state index contributed by atoms with van der Waals surface area (Å²) in [6.45, 7) is 4.77. The maximum Gasteiger partial charge on any atom is 0.469 e. The molecule has 0 unspecified atom stereocenters. The monoisotopic (exact) mass is 266 g/mol. The molecule has 0 aliphatic carbocycles. The number of phosphoric acid groups is 1. The summed E-state index contributed by atoms with van der Waals surface area (Å²) < 4.78 is 15.4. The summed E-state index contributed by atoms with van der Waals surface area (Å²) in [4.78, 5) is 28.0. The van der Waals surface area contributed by atoms with Crippen molar-refractivity contribution in [3.8, 4) is 0 Å². The largest absolute Gasteiger partial charge is 0.469 e. The Morgan fingerprint density at radius 2 is 2.00 bits per heavy atom. The molecule has 0 aromatic rings. The van der Waals surface area contributed by atoms with Crippen molar-refractivity contribution in [2.75, 3.05) is 33.8 Å². The van der Waals surface area contributed by atoms with Crippen LogP contribution in [0.2, 0.25) is 0 Å². The van der Waals surface area contributed by atoms with Gasteiger partial charge in [-0.2, -0.15) is 0 Å². The molecule has 0 aliphatic heterocycles. The third-order valence-corrected chi connectivity index (χ3v) is 2.88. The fourth-order valence-electron chi connectivity index (χ4n) is 1.30. The van der Waals surface area contributed by atoms with Crippen LogP contribution in [0.15, 0.2) is 12.7 Å². The fraction of sp³-hybridized carbons (Fsp3) is 0.700. The molecule has 7 heteroatoms. The molecule has 0 radical (unpaired) electrons. The van der Waals surface area contributed by atoms with E-state index in [1.807, 2.05) is 14.1 Å². The highest BCUT2D eigenvalue weighted by Gasteiger charge is 2.18. The summed E-state index contributed by atoms with van der Waals surface area (Å²) in [5.41, 5.74) is 0. The summed E-state index contributed by atoms with van der Waals surface area (Å²) in [6.07, 6.45) is 2.26. The molecule has 0 aromatic carbocycles. The Kier molecular flexibility index (Phi) is 6.82. The lowest BCUT2D eigenvalue weighted by atomic mass is 10.2. The van der Waals surface area contributed by atoms with E-state index in [9.17, 15) is 9.36 Å². The Hall–Kier alpha value is -0.520. The maximum atomic E-state index is 11.1. The van der Waals surface area contributed by atoms with Gasteiger partial charge in [-0.3, -0.25) is 9.32 Å². The van der Waals surface area contributed by atoms with Crippen molar-refractivity contribution < 1.29 is 28.2 Å². The van der Waals surface area contributed by atoms with Crippen LogP contribution in [-0.2, 0) is 13.9 Å². The van der Waals surface area contributed by atoms with Crippen molar-refractivity contribution in [2.45, 2.75) is 12.8 Å².